The van der Waals surface area contributed by atoms with Crippen LogP contribution in [0.5, 0.6) is 11.5 Å². The molecule has 1 aromatic heterocycles. The molecule has 180 valence electrons. The van der Waals surface area contributed by atoms with Crippen LogP contribution < -0.4 is 14.4 Å². The molecule has 34 heavy (non-hydrogen) atoms. The van der Waals surface area contributed by atoms with Gasteiger partial charge in [-0.15, -0.1) is 11.8 Å². The van der Waals surface area contributed by atoms with E-state index in [0.29, 0.717) is 23.2 Å². The van der Waals surface area contributed by atoms with Gasteiger partial charge in [0.1, 0.15) is 0 Å². The molecule has 1 aliphatic heterocycles. The van der Waals surface area contributed by atoms with E-state index in [2.05, 4.69) is 23.3 Å². The van der Waals surface area contributed by atoms with Crippen molar-refractivity contribution in [2.24, 2.45) is 0 Å². The van der Waals surface area contributed by atoms with E-state index in [1.807, 2.05) is 24.3 Å². The van der Waals surface area contributed by atoms with Crippen LogP contribution in [0.2, 0.25) is 0 Å². The van der Waals surface area contributed by atoms with Crippen molar-refractivity contribution in [2.75, 3.05) is 64.8 Å². The quantitative estimate of drug-likeness (QED) is 0.319. The molecular formula is C25H29N3O4S2. The van der Waals surface area contributed by atoms with Crippen LogP contribution in [-0.2, 0) is 9.53 Å². The summed E-state index contributed by atoms with van der Waals surface area (Å²) in [6.45, 7) is 4.54. The monoisotopic (exact) mass is 499 g/mol. The Bertz CT molecular complexity index is 1160. The van der Waals surface area contributed by atoms with Gasteiger partial charge in [0.05, 0.1) is 37.6 Å². The standard InChI is InChI=1S/C25H29N3O4S2/c1-30-21-8-4-18(16-22(21)31-2)5-9-24(29)28(11-10-27-12-14-32-15-13-27)25-26-20-7-6-19(33-3)17-23(20)34-25/h4-9,16-17H,10-15H2,1-3H3/b9-5+. The number of nitrogens with zero attached hydrogens (tertiary/aromatic N) is 3. The lowest BCUT2D eigenvalue weighted by molar-refractivity contribution is -0.114. The number of amides is 1. The van der Waals surface area contributed by atoms with Gasteiger partial charge >= 0.3 is 0 Å². The van der Waals surface area contributed by atoms with Gasteiger partial charge in [0.15, 0.2) is 16.6 Å². The van der Waals surface area contributed by atoms with Gasteiger partial charge in [-0.3, -0.25) is 14.6 Å². The number of carbonyl (C=O) groups excluding carboxylic acids is 1. The Kier molecular flexibility index (Phi) is 8.44. The number of methoxy groups -OCH3 is 2. The maximum absolute atomic E-state index is 13.4. The molecule has 0 unspecified atom stereocenters. The average molecular weight is 500 g/mol. The van der Waals surface area contributed by atoms with Crippen molar-refractivity contribution in [1.29, 1.82) is 0 Å². The van der Waals surface area contributed by atoms with Gasteiger partial charge < -0.3 is 14.2 Å². The number of aromatic nitrogens is 1. The van der Waals surface area contributed by atoms with Gasteiger partial charge in [-0.05, 0) is 48.2 Å². The Balaban J connectivity index is 1.57. The molecule has 2 heterocycles. The summed E-state index contributed by atoms with van der Waals surface area (Å²) in [6, 6.07) is 11.8. The Morgan fingerprint density at radius 3 is 2.71 bits per heavy atom. The van der Waals surface area contributed by atoms with Gasteiger partial charge in [0.25, 0.3) is 5.91 Å². The lowest BCUT2D eigenvalue weighted by atomic mass is 10.2. The number of thioether (sulfide) groups is 1. The number of morpholine rings is 1. The van der Waals surface area contributed by atoms with Crippen LogP contribution in [0.1, 0.15) is 5.56 Å². The van der Waals surface area contributed by atoms with E-state index in [4.69, 9.17) is 19.2 Å². The molecule has 4 rings (SSSR count). The largest absolute Gasteiger partial charge is 0.493 e. The second-order valence-electron chi connectivity index (χ2n) is 7.72. The first-order valence-electron chi connectivity index (χ1n) is 11.1. The second kappa shape index (κ2) is 11.7. The fourth-order valence-corrected chi connectivity index (χ4v) is 5.27. The third kappa shape index (κ3) is 5.90. The van der Waals surface area contributed by atoms with E-state index in [-0.39, 0.29) is 5.91 Å². The average Bonchev–Trinajstić information content (AvgIpc) is 3.30. The number of hydrogen-bond acceptors (Lipinski definition) is 8. The highest BCUT2D eigenvalue weighted by Gasteiger charge is 2.20. The molecule has 3 aromatic rings. The van der Waals surface area contributed by atoms with Crippen molar-refractivity contribution in [3.63, 3.8) is 0 Å². The first-order chi connectivity index (χ1) is 16.6. The van der Waals surface area contributed by atoms with Crippen molar-refractivity contribution in [2.45, 2.75) is 4.90 Å². The third-order valence-electron chi connectivity index (χ3n) is 5.65. The number of hydrogen-bond donors (Lipinski definition) is 0. The lowest BCUT2D eigenvalue weighted by Crippen LogP contribution is -2.42. The highest BCUT2D eigenvalue weighted by Crippen LogP contribution is 2.32. The van der Waals surface area contributed by atoms with Crippen molar-refractivity contribution in [3.05, 3.63) is 48.0 Å². The fraction of sp³-hybridized carbons (Fsp3) is 0.360. The number of rotatable bonds is 9. The molecule has 7 nitrogen and oxygen atoms in total. The minimum absolute atomic E-state index is 0.104. The Morgan fingerprint density at radius 2 is 1.97 bits per heavy atom. The van der Waals surface area contributed by atoms with E-state index >= 15 is 0 Å². The zero-order valence-corrected chi connectivity index (χ0v) is 21.3. The molecular weight excluding hydrogens is 470 g/mol. The van der Waals surface area contributed by atoms with Gasteiger partial charge in [-0.1, -0.05) is 17.4 Å². The van der Waals surface area contributed by atoms with Gasteiger partial charge in [-0.25, -0.2) is 4.98 Å². The number of carbonyl (C=O) groups is 1. The summed E-state index contributed by atoms with van der Waals surface area (Å²) in [5, 5.41) is 0.712. The molecule has 0 spiro atoms. The molecule has 0 N–H and O–H groups in total. The minimum atomic E-state index is -0.104. The van der Waals surface area contributed by atoms with Crippen molar-refractivity contribution in [1.82, 2.24) is 9.88 Å². The van der Waals surface area contributed by atoms with E-state index < -0.39 is 0 Å². The predicted molar refractivity (Wildman–Crippen MR) is 140 cm³/mol. The summed E-state index contributed by atoms with van der Waals surface area (Å²) in [6.07, 6.45) is 5.45. The second-order valence-corrected chi connectivity index (χ2v) is 9.61. The minimum Gasteiger partial charge on any atom is -0.493 e. The molecule has 0 atom stereocenters. The zero-order valence-electron chi connectivity index (χ0n) is 19.7. The van der Waals surface area contributed by atoms with E-state index in [9.17, 15) is 4.79 Å². The molecule has 1 amide bonds. The number of anilines is 1. The molecule has 1 saturated heterocycles. The normalized spacial score (nSPS) is 14.6. The maximum atomic E-state index is 13.4. The summed E-state index contributed by atoms with van der Waals surface area (Å²) in [7, 11) is 3.20. The number of fused-ring (bicyclic) bond motifs is 1. The Hall–Kier alpha value is -2.59. The van der Waals surface area contributed by atoms with Crippen LogP contribution >= 0.6 is 23.1 Å². The lowest BCUT2D eigenvalue weighted by Gasteiger charge is -2.28. The molecule has 1 aliphatic rings. The smallest absolute Gasteiger partial charge is 0.252 e. The summed E-state index contributed by atoms with van der Waals surface area (Å²) in [4.78, 5) is 23.4. The number of thiazole rings is 1. The van der Waals surface area contributed by atoms with Crippen LogP contribution in [-0.4, -0.2) is 75.7 Å². The van der Waals surface area contributed by atoms with Crippen molar-refractivity contribution >= 4 is 50.4 Å². The van der Waals surface area contributed by atoms with Crippen LogP contribution in [0.3, 0.4) is 0 Å². The molecule has 0 saturated carbocycles. The summed E-state index contributed by atoms with van der Waals surface area (Å²) in [5.41, 5.74) is 1.76. The Labute approximate surface area is 208 Å². The predicted octanol–water partition coefficient (Wildman–Crippen LogP) is 4.41. The Morgan fingerprint density at radius 1 is 1.18 bits per heavy atom. The zero-order chi connectivity index (χ0) is 23.9. The van der Waals surface area contributed by atoms with E-state index in [0.717, 1.165) is 48.6 Å². The maximum Gasteiger partial charge on any atom is 0.252 e. The van der Waals surface area contributed by atoms with Gasteiger partial charge in [0, 0.05) is 37.2 Å². The van der Waals surface area contributed by atoms with Crippen LogP contribution in [0, 0.1) is 0 Å². The summed E-state index contributed by atoms with van der Waals surface area (Å²) in [5.74, 6) is 1.17. The van der Waals surface area contributed by atoms with Crippen LogP contribution in [0.4, 0.5) is 5.13 Å². The summed E-state index contributed by atoms with van der Waals surface area (Å²) < 4.78 is 17.2. The molecule has 0 radical (unpaired) electrons. The molecule has 1 fully saturated rings. The SMILES string of the molecule is COc1ccc(/C=C/C(=O)N(CCN2CCOCC2)c2nc3ccc(SC)cc3s2)cc1OC. The highest BCUT2D eigenvalue weighted by molar-refractivity contribution is 7.98. The fourth-order valence-electron chi connectivity index (χ4n) is 3.72. The molecule has 2 aromatic carbocycles. The van der Waals surface area contributed by atoms with Gasteiger partial charge in [-0.2, -0.15) is 0 Å². The first kappa shape index (κ1) is 24.5. The highest BCUT2D eigenvalue weighted by atomic mass is 32.2. The van der Waals surface area contributed by atoms with Crippen LogP contribution in [0.25, 0.3) is 16.3 Å². The number of ether oxygens (including phenoxy) is 3. The van der Waals surface area contributed by atoms with Crippen molar-refractivity contribution in [3.8, 4) is 11.5 Å². The van der Waals surface area contributed by atoms with E-state index in [1.54, 1.807) is 54.4 Å². The summed E-state index contributed by atoms with van der Waals surface area (Å²) >= 11 is 3.25. The molecule has 0 bridgehead atoms. The topological polar surface area (TPSA) is 64.1 Å². The van der Waals surface area contributed by atoms with Crippen LogP contribution in [0.15, 0.2) is 47.4 Å². The first-order valence-corrected chi connectivity index (χ1v) is 13.1. The molecule has 9 heteroatoms. The van der Waals surface area contributed by atoms with Crippen molar-refractivity contribution < 1.29 is 19.0 Å². The van der Waals surface area contributed by atoms with E-state index in [1.165, 1.54) is 4.90 Å². The molecule has 0 aliphatic carbocycles. The number of benzene rings is 2. The van der Waals surface area contributed by atoms with Gasteiger partial charge in [0.2, 0.25) is 0 Å². The third-order valence-corrected chi connectivity index (χ3v) is 7.42.